The molecule has 0 fully saturated rings. The van der Waals surface area contributed by atoms with Crippen LogP contribution in [0, 0.1) is 0 Å². The molecule has 2 N–H and O–H groups in total. The summed E-state index contributed by atoms with van der Waals surface area (Å²) in [4.78, 5) is 0. The van der Waals surface area contributed by atoms with Crippen LogP contribution >= 0.6 is 0 Å². The van der Waals surface area contributed by atoms with Crippen molar-refractivity contribution < 1.29 is 0 Å². The second-order valence-corrected chi connectivity index (χ2v) is 8.08. The molecule has 0 radical (unpaired) electrons. The van der Waals surface area contributed by atoms with Gasteiger partial charge >= 0.3 is 0 Å². The smallest absolute Gasteiger partial charge is 0.0623 e. The first-order valence-corrected chi connectivity index (χ1v) is 11.1. The van der Waals surface area contributed by atoms with Gasteiger partial charge in [0.1, 0.15) is 0 Å². The summed E-state index contributed by atoms with van der Waals surface area (Å²) in [6, 6.07) is 44.3. The van der Waals surface area contributed by atoms with Crippen LogP contribution in [0.25, 0.3) is 27.5 Å². The second-order valence-electron chi connectivity index (χ2n) is 8.08. The molecule has 0 aliphatic rings. The van der Waals surface area contributed by atoms with Gasteiger partial charge < -0.3 is 15.2 Å². The van der Waals surface area contributed by atoms with Crippen molar-refractivity contribution in [3.63, 3.8) is 0 Å². The van der Waals surface area contributed by atoms with Crippen molar-refractivity contribution in [1.82, 2.24) is 4.57 Å². The highest BCUT2D eigenvalue weighted by Gasteiger charge is 2.12. The number of benzene rings is 5. The average Bonchev–Trinajstić information content (AvgIpc) is 3.20. The van der Waals surface area contributed by atoms with Crippen LogP contribution in [0.3, 0.4) is 0 Å². The molecule has 6 rings (SSSR count). The Morgan fingerprint density at radius 3 is 1.76 bits per heavy atom. The van der Waals surface area contributed by atoms with Crippen LogP contribution in [0.4, 0.5) is 22.7 Å². The van der Waals surface area contributed by atoms with Gasteiger partial charge in [-0.05, 0) is 60.7 Å². The van der Waals surface area contributed by atoms with Crippen molar-refractivity contribution in [1.29, 1.82) is 0 Å². The van der Waals surface area contributed by atoms with Crippen molar-refractivity contribution in [2.45, 2.75) is 0 Å². The SMILES string of the molecule is c1ccc(Nc2ccccc2Nc2ccc3c(c2)c2ccccc2n3-c2ccccc2)cc1. The molecular formula is C30H23N3. The molecule has 0 bridgehead atoms. The minimum absolute atomic E-state index is 1.03. The first kappa shape index (κ1) is 19.2. The van der Waals surface area contributed by atoms with Gasteiger partial charge in [0.25, 0.3) is 0 Å². The van der Waals surface area contributed by atoms with Crippen LogP contribution < -0.4 is 10.6 Å². The van der Waals surface area contributed by atoms with Crippen molar-refractivity contribution in [2.24, 2.45) is 0 Å². The fraction of sp³-hybridized carbons (Fsp3) is 0. The van der Waals surface area contributed by atoms with Crippen molar-refractivity contribution in [2.75, 3.05) is 10.6 Å². The van der Waals surface area contributed by atoms with Crippen LogP contribution in [0.1, 0.15) is 0 Å². The summed E-state index contributed by atoms with van der Waals surface area (Å²) in [7, 11) is 0. The van der Waals surface area contributed by atoms with Crippen LogP contribution in [-0.2, 0) is 0 Å². The third-order valence-electron chi connectivity index (χ3n) is 5.95. The van der Waals surface area contributed by atoms with E-state index in [4.69, 9.17) is 0 Å². The number of fused-ring (bicyclic) bond motifs is 3. The fourth-order valence-corrected chi connectivity index (χ4v) is 4.44. The third-order valence-corrected chi connectivity index (χ3v) is 5.95. The quantitative estimate of drug-likeness (QED) is 0.291. The summed E-state index contributed by atoms with van der Waals surface area (Å²) >= 11 is 0. The highest BCUT2D eigenvalue weighted by Crippen LogP contribution is 2.35. The van der Waals surface area contributed by atoms with E-state index in [1.165, 1.54) is 27.5 Å². The molecule has 0 atom stereocenters. The Labute approximate surface area is 192 Å². The Bertz CT molecular complexity index is 1550. The van der Waals surface area contributed by atoms with E-state index in [-0.39, 0.29) is 0 Å². The molecule has 1 aromatic heterocycles. The van der Waals surface area contributed by atoms with E-state index in [1.54, 1.807) is 0 Å². The zero-order chi connectivity index (χ0) is 22.0. The molecule has 0 spiro atoms. The Balaban J connectivity index is 1.43. The van der Waals surface area contributed by atoms with Gasteiger partial charge in [-0.3, -0.25) is 0 Å². The van der Waals surface area contributed by atoms with Crippen molar-refractivity contribution >= 4 is 44.6 Å². The Morgan fingerprint density at radius 2 is 1.00 bits per heavy atom. The molecule has 0 aliphatic carbocycles. The third kappa shape index (κ3) is 3.60. The molecule has 0 saturated carbocycles. The lowest BCUT2D eigenvalue weighted by Gasteiger charge is -2.14. The Hall–Kier alpha value is -4.50. The summed E-state index contributed by atoms with van der Waals surface area (Å²) in [5.41, 5.74) is 7.77. The maximum Gasteiger partial charge on any atom is 0.0623 e. The predicted octanol–water partition coefficient (Wildman–Crippen LogP) is 8.27. The molecule has 0 saturated heterocycles. The number of para-hydroxylation sites is 5. The number of hydrogen-bond donors (Lipinski definition) is 2. The van der Waals surface area contributed by atoms with E-state index in [0.29, 0.717) is 0 Å². The Kier molecular flexibility index (Phi) is 4.78. The predicted molar refractivity (Wildman–Crippen MR) is 140 cm³/mol. The van der Waals surface area contributed by atoms with Gasteiger partial charge in [-0.2, -0.15) is 0 Å². The Morgan fingerprint density at radius 1 is 0.424 bits per heavy atom. The highest BCUT2D eigenvalue weighted by atomic mass is 15.0. The summed E-state index contributed by atoms with van der Waals surface area (Å²) < 4.78 is 2.33. The zero-order valence-corrected chi connectivity index (χ0v) is 18.1. The summed E-state index contributed by atoms with van der Waals surface area (Å²) in [5.74, 6) is 0. The van der Waals surface area contributed by atoms with Crippen LogP contribution in [0.5, 0.6) is 0 Å². The van der Waals surface area contributed by atoms with Gasteiger partial charge in [-0.1, -0.05) is 66.7 Å². The second kappa shape index (κ2) is 8.21. The molecule has 1 heterocycles. The molecule has 3 nitrogen and oxygen atoms in total. The molecular weight excluding hydrogens is 402 g/mol. The number of nitrogens with one attached hydrogen (secondary N) is 2. The molecule has 3 heteroatoms. The summed E-state index contributed by atoms with van der Waals surface area (Å²) in [6.45, 7) is 0. The topological polar surface area (TPSA) is 29.0 Å². The molecule has 158 valence electrons. The van der Waals surface area contributed by atoms with E-state index in [2.05, 4.69) is 118 Å². The van der Waals surface area contributed by atoms with Crippen LogP contribution in [0.15, 0.2) is 127 Å². The van der Waals surface area contributed by atoms with Gasteiger partial charge in [0, 0.05) is 27.8 Å². The van der Waals surface area contributed by atoms with Gasteiger partial charge in [0.15, 0.2) is 0 Å². The number of nitrogens with zero attached hydrogens (tertiary/aromatic N) is 1. The van der Waals surface area contributed by atoms with Gasteiger partial charge in [0.05, 0.1) is 22.4 Å². The van der Waals surface area contributed by atoms with Gasteiger partial charge in [0.2, 0.25) is 0 Å². The summed E-state index contributed by atoms with van der Waals surface area (Å²) in [6.07, 6.45) is 0. The maximum atomic E-state index is 3.63. The minimum atomic E-state index is 1.03. The van der Waals surface area contributed by atoms with Crippen LogP contribution in [-0.4, -0.2) is 4.57 Å². The number of aromatic nitrogens is 1. The normalized spacial score (nSPS) is 11.0. The van der Waals surface area contributed by atoms with E-state index >= 15 is 0 Å². The van der Waals surface area contributed by atoms with Crippen molar-refractivity contribution in [3.8, 4) is 5.69 Å². The first-order chi connectivity index (χ1) is 16.4. The molecule has 6 aromatic rings. The van der Waals surface area contributed by atoms with Crippen molar-refractivity contribution in [3.05, 3.63) is 127 Å². The number of hydrogen-bond acceptors (Lipinski definition) is 2. The largest absolute Gasteiger partial charge is 0.354 e. The number of rotatable bonds is 5. The monoisotopic (exact) mass is 425 g/mol. The lowest BCUT2D eigenvalue weighted by Crippen LogP contribution is -1.97. The average molecular weight is 426 g/mol. The maximum absolute atomic E-state index is 3.63. The van der Waals surface area contributed by atoms with E-state index in [1.807, 2.05) is 24.3 Å². The lowest BCUT2D eigenvalue weighted by molar-refractivity contribution is 1.18. The molecule has 5 aromatic carbocycles. The standard InChI is InChI=1S/C30H23N3/c1-3-11-22(12-4-1)31-27-16-8-9-17-28(27)32-23-19-20-30-26(21-23)25-15-7-10-18-29(25)33(30)24-13-5-2-6-14-24/h1-21,31-32H. The molecule has 0 unspecified atom stereocenters. The molecule has 0 aliphatic heterocycles. The van der Waals surface area contributed by atoms with Gasteiger partial charge in [-0.25, -0.2) is 0 Å². The fourth-order valence-electron chi connectivity index (χ4n) is 4.44. The first-order valence-electron chi connectivity index (χ1n) is 11.1. The van der Waals surface area contributed by atoms with E-state index in [9.17, 15) is 0 Å². The molecule has 33 heavy (non-hydrogen) atoms. The van der Waals surface area contributed by atoms with E-state index < -0.39 is 0 Å². The van der Waals surface area contributed by atoms with Gasteiger partial charge in [-0.15, -0.1) is 0 Å². The lowest BCUT2D eigenvalue weighted by atomic mass is 10.1. The highest BCUT2D eigenvalue weighted by molar-refractivity contribution is 6.10. The molecule has 0 amide bonds. The number of anilines is 4. The van der Waals surface area contributed by atoms with E-state index in [0.717, 1.165) is 22.7 Å². The summed E-state index contributed by atoms with van der Waals surface area (Å²) in [5, 5.41) is 9.62. The van der Waals surface area contributed by atoms with Crippen LogP contribution in [0.2, 0.25) is 0 Å². The minimum Gasteiger partial charge on any atom is -0.354 e. The zero-order valence-electron chi connectivity index (χ0n) is 18.1.